The SMILES string of the molecule is CCCNC1CCC2(CC1Oc1ccccc1)OCCO2. The van der Waals surface area contributed by atoms with Crippen molar-refractivity contribution in [3.05, 3.63) is 30.3 Å². The van der Waals surface area contributed by atoms with Crippen LogP contribution in [0.4, 0.5) is 0 Å². The average molecular weight is 291 g/mol. The van der Waals surface area contributed by atoms with Crippen molar-refractivity contribution in [2.24, 2.45) is 0 Å². The van der Waals surface area contributed by atoms with Gasteiger partial charge in [0.1, 0.15) is 11.9 Å². The molecule has 0 bridgehead atoms. The van der Waals surface area contributed by atoms with Crippen molar-refractivity contribution < 1.29 is 14.2 Å². The highest BCUT2D eigenvalue weighted by atomic mass is 16.7. The smallest absolute Gasteiger partial charge is 0.172 e. The molecule has 1 N–H and O–H groups in total. The van der Waals surface area contributed by atoms with Crippen LogP contribution in [-0.4, -0.2) is 37.7 Å². The van der Waals surface area contributed by atoms with E-state index in [-0.39, 0.29) is 6.10 Å². The van der Waals surface area contributed by atoms with Crippen molar-refractivity contribution in [1.82, 2.24) is 5.32 Å². The van der Waals surface area contributed by atoms with Gasteiger partial charge in [-0.05, 0) is 31.5 Å². The summed E-state index contributed by atoms with van der Waals surface area (Å²) in [5, 5.41) is 3.61. The Balaban J connectivity index is 1.69. The van der Waals surface area contributed by atoms with Crippen LogP contribution >= 0.6 is 0 Å². The van der Waals surface area contributed by atoms with Crippen LogP contribution in [0.5, 0.6) is 5.75 Å². The molecule has 2 fully saturated rings. The molecule has 1 saturated carbocycles. The van der Waals surface area contributed by atoms with Crippen molar-refractivity contribution >= 4 is 0 Å². The van der Waals surface area contributed by atoms with E-state index in [2.05, 4.69) is 12.2 Å². The van der Waals surface area contributed by atoms with Gasteiger partial charge in [0.15, 0.2) is 5.79 Å². The lowest BCUT2D eigenvalue weighted by molar-refractivity contribution is -0.197. The molecule has 2 unspecified atom stereocenters. The minimum atomic E-state index is -0.413. The molecule has 4 heteroatoms. The molecule has 0 aromatic heterocycles. The molecular weight excluding hydrogens is 266 g/mol. The third-order valence-corrected chi connectivity index (χ3v) is 4.30. The van der Waals surface area contributed by atoms with Gasteiger partial charge in [-0.25, -0.2) is 0 Å². The predicted octanol–water partition coefficient (Wildman–Crippen LogP) is 2.73. The fraction of sp³-hybridized carbons (Fsp3) is 0.647. The molecule has 1 aromatic carbocycles. The van der Waals surface area contributed by atoms with Gasteiger partial charge in [0.25, 0.3) is 0 Å². The highest BCUT2D eigenvalue weighted by Crippen LogP contribution is 2.37. The average Bonchev–Trinajstić information content (AvgIpc) is 2.96. The fourth-order valence-corrected chi connectivity index (χ4v) is 3.23. The van der Waals surface area contributed by atoms with Gasteiger partial charge in [0, 0.05) is 18.9 Å². The van der Waals surface area contributed by atoms with Crippen molar-refractivity contribution in [2.45, 2.75) is 50.5 Å². The van der Waals surface area contributed by atoms with Gasteiger partial charge in [-0.3, -0.25) is 0 Å². The highest BCUT2D eigenvalue weighted by Gasteiger charge is 2.46. The minimum Gasteiger partial charge on any atom is -0.489 e. The van der Waals surface area contributed by atoms with Crippen molar-refractivity contribution in [2.75, 3.05) is 19.8 Å². The molecule has 3 rings (SSSR count). The highest BCUT2D eigenvalue weighted by molar-refractivity contribution is 5.21. The monoisotopic (exact) mass is 291 g/mol. The van der Waals surface area contributed by atoms with Gasteiger partial charge in [-0.2, -0.15) is 0 Å². The van der Waals surface area contributed by atoms with Crippen molar-refractivity contribution in [3.63, 3.8) is 0 Å². The van der Waals surface area contributed by atoms with E-state index in [4.69, 9.17) is 14.2 Å². The third kappa shape index (κ3) is 3.57. The first kappa shape index (κ1) is 14.8. The summed E-state index contributed by atoms with van der Waals surface area (Å²) >= 11 is 0. The van der Waals surface area contributed by atoms with E-state index in [0.717, 1.165) is 38.0 Å². The van der Waals surface area contributed by atoms with Gasteiger partial charge < -0.3 is 19.5 Å². The molecule has 0 radical (unpaired) electrons. The van der Waals surface area contributed by atoms with Gasteiger partial charge in [-0.15, -0.1) is 0 Å². The Labute approximate surface area is 126 Å². The molecular formula is C17H25NO3. The molecule has 1 heterocycles. The van der Waals surface area contributed by atoms with E-state index in [1.807, 2.05) is 30.3 Å². The van der Waals surface area contributed by atoms with E-state index in [0.29, 0.717) is 19.3 Å². The summed E-state index contributed by atoms with van der Waals surface area (Å²) in [6.07, 6.45) is 3.99. The maximum Gasteiger partial charge on any atom is 0.172 e. The van der Waals surface area contributed by atoms with Crippen LogP contribution in [-0.2, 0) is 9.47 Å². The normalized spacial score (nSPS) is 27.9. The summed E-state index contributed by atoms with van der Waals surface area (Å²) in [5.41, 5.74) is 0. The number of nitrogens with one attached hydrogen (secondary N) is 1. The van der Waals surface area contributed by atoms with Crippen molar-refractivity contribution in [3.8, 4) is 5.75 Å². The minimum absolute atomic E-state index is 0.0887. The first-order valence-corrected chi connectivity index (χ1v) is 8.04. The molecule has 21 heavy (non-hydrogen) atoms. The van der Waals surface area contributed by atoms with Crippen LogP contribution in [0.15, 0.2) is 30.3 Å². The Morgan fingerprint density at radius 2 is 2.00 bits per heavy atom. The second kappa shape index (κ2) is 6.77. The third-order valence-electron chi connectivity index (χ3n) is 4.30. The van der Waals surface area contributed by atoms with Crippen LogP contribution in [0.2, 0.25) is 0 Å². The summed E-state index contributed by atoms with van der Waals surface area (Å²) < 4.78 is 18.0. The van der Waals surface area contributed by atoms with E-state index in [1.165, 1.54) is 0 Å². The topological polar surface area (TPSA) is 39.7 Å². The zero-order chi connectivity index (χ0) is 14.5. The lowest BCUT2D eigenvalue weighted by atomic mass is 9.87. The van der Waals surface area contributed by atoms with Crippen LogP contribution in [0.25, 0.3) is 0 Å². The van der Waals surface area contributed by atoms with E-state index < -0.39 is 5.79 Å². The van der Waals surface area contributed by atoms with Crippen LogP contribution in [0.3, 0.4) is 0 Å². The largest absolute Gasteiger partial charge is 0.489 e. The standard InChI is InChI=1S/C17H25NO3/c1-2-10-18-15-8-9-17(19-11-12-20-17)13-16(15)21-14-6-4-3-5-7-14/h3-7,15-16,18H,2,8-13H2,1H3. The van der Waals surface area contributed by atoms with E-state index in [9.17, 15) is 0 Å². The summed E-state index contributed by atoms with van der Waals surface area (Å²) in [6, 6.07) is 10.4. The Morgan fingerprint density at radius 1 is 1.24 bits per heavy atom. The molecule has 1 saturated heterocycles. The van der Waals surface area contributed by atoms with Crippen LogP contribution < -0.4 is 10.1 Å². The predicted molar refractivity (Wildman–Crippen MR) is 81.4 cm³/mol. The molecule has 1 aliphatic heterocycles. The summed E-state index contributed by atoms with van der Waals surface area (Å²) in [4.78, 5) is 0. The van der Waals surface area contributed by atoms with Crippen LogP contribution in [0.1, 0.15) is 32.6 Å². The summed E-state index contributed by atoms with van der Waals surface area (Å²) in [7, 11) is 0. The quantitative estimate of drug-likeness (QED) is 0.905. The zero-order valence-corrected chi connectivity index (χ0v) is 12.7. The van der Waals surface area contributed by atoms with Crippen LogP contribution in [0, 0.1) is 0 Å². The van der Waals surface area contributed by atoms with Gasteiger partial charge in [0.2, 0.25) is 0 Å². The Morgan fingerprint density at radius 3 is 2.71 bits per heavy atom. The van der Waals surface area contributed by atoms with Gasteiger partial charge >= 0.3 is 0 Å². The Bertz CT molecular complexity index is 431. The Kier molecular flexibility index (Phi) is 4.78. The molecule has 116 valence electrons. The number of benzene rings is 1. The molecule has 1 spiro atoms. The maximum atomic E-state index is 6.23. The molecule has 2 atom stereocenters. The molecule has 2 aliphatic rings. The van der Waals surface area contributed by atoms with E-state index in [1.54, 1.807) is 0 Å². The number of hydrogen-bond donors (Lipinski definition) is 1. The lowest BCUT2D eigenvalue weighted by Crippen LogP contribution is -2.53. The number of rotatable bonds is 5. The summed E-state index contributed by atoms with van der Waals surface area (Å²) in [6.45, 7) is 4.61. The molecule has 1 aliphatic carbocycles. The number of hydrogen-bond acceptors (Lipinski definition) is 4. The molecule has 1 aromatic rings. The van der Waals surface area contributed by atoms with Gasteiger partial charge in [0.05, 0.1) is 13.2 Å². The first-order chi connectivity index (χ1) is 10.3. The second-order valence-corrected chi connectivity index (χ2v) is 5.88. The number of para-hydroxylation sites is 1. The lowest BCUT2D eigenvalue weighted by Gasteiger charge is -2.41. The molecule has 0 amide bonds. The number of ether oxygens (including phenoxy) is 3. The maximum absolute atomic E-state index is 6.23. The zero-order valence-electron chi connectivity index (χ0n) is 12.7. The first-order valence-electron chi connectivity index (χ1n) is 8.04. The fourth-order valence-electron chi connectivity index (χ4n) is 3.23. The molecule has 4 nitrogen and oxygen atoms in total. The Hall–Kier alpha value is -1.10. The van der Waals surface area contributed by atoms with Crippen molar-refractivity contribution in [1.29, 1.82) is 0 Å². The summed E-state index contributed by atoms with van der Waals surface area (Å²) in [5.74, 6) is 0.505. The van der Waals surface area contributed by atoms with E-state index >= 15 is 0 Å². The second-order valence-electron chi connectivity index (χ2n) is 5.88. The van der Waals surface area contributed by atoms with Gasteiger partial charge in [-0.1, -0.05) is 25.1 Å².